The van der Waals surface area contributed by atoms with Gasteiger partial charge in [-0.3, -0.25) is 14.6 Å². The SMILES string of the molecule is COc1ccnc(C(=O)N[C@@H](C)C(=O)OC2CCC2(c2ccc(Cl)cc2)c2ccc(Cl)cc2)c1CC(C)C(=O)OCO. The highest BCUT2D eigenvalue weighted by Gasteiger charge is 2.52. The van der Waals surface area contributed by atoms with Crippen molar-refractivity contribution in [2.75, 3.05) is 13.9 Å². The van der Waals surface area contributed by atoms with E-state index in [1.54, 1.807) is 37.3 Å². The molecule has 222 valence electrons. The summed E-state index contributed by atoms with van der Waals surface area (Å²) in [5.41, 5.74) is 1.67. The van der Waals surface area contributed by atoms with Crippen molar-refractivity contribution in [1.82, 2.24) is 10.3 Å². The summed E-state index contributed by atoms with van der Waals surface area (Å²) in [6.45, 7) is 2.38. The second-order valence-corrected chi connectivity index (χ2v) is 11.1. The van der Waals surface area contributed by atoms with Crippen molar-refractivity contribution in [1.29, 1.82) is 0 Å². The maximum Gasteiger partial charge on any atom is 0.328 e. The zero-order valence-corrected chi connectivity index (χ0v) is 24.9. The standard InChI is InChI=1S/C31H32Cl2N2O7/c1-18(29(38)41-17-36)16-24-25(40-3)13-15-34-27(24)28(37)35-19(2)30(39)42-26-12-14-31(26,20-4-8-22(32)9-5-20)21-6-10-23(33)11-7-21/h4-11,13,15,18-19,26,36H,12,14,16-17H2,1-3H3,(H,35,37)/t18?,19-,26?/m0/s1. The summed E-state index contributed by atoms with van der Waals surface area (Å²) in [6, 6.07) is 15.5. The van der Waals surface area contributed by atoms with Gasteiger partial charge in [-0.2, -0.15) is 0 Å². The molecule has 2 aromatic carbocycles. The predicted octanol–water partition coefficient (Wildman–Crippen LogP) is 4.88. The lowest BCUT2D eigenvalue weighted by Gasteiger charge is -2.49. The topological polar surface area (TPSA) is 124 Å². The number of methoxy groups -OCH3 is 1. The van der Waals surface area contributed by atoms with Crippen LogP contribution < -0.4 is 10.1 Å². The van der Waals surface area contributed by atoms with Gasteiger partial charge < -0.3 is 24.6 Å². The van der Waals surface area contributed by atoms with Crippen molar-refractivity contribution >= 4 is 41.0 Å². The molecular weight excluding hydrogens is 583 g/mol. The highest BCUT2D eigenvalue weighted by Crippen LogP contribution is 2.51. The molecule has 1 fully saturated rings. The molecule has 0 spiro atoms. The molecule has 0 saturated heterocycles. The summed E-state index contributed by atoms with van der Waals surface area (Å²) in [5, 5.41) is 12.8. The quantitative estimate of drug-likeness (QED) is 0.231. The molecule has 2 N–H and O–H groups in total. The monoisotopic (exact) mass is 614 g/mol. The Morgan fingerprint density at radius 3 is 2.10 bits per heavy atom. The number of hydrogen-bond acceptors (Lipinski definition) is 8. The summed E-state index contributed by atoms with van der Waals surface area (Å²) in [6.07, 6.45) is 2.34. The number of benzene rings is 2. The molecule has 1 heterocycles. The number of amides is 1. The molecule has 1 saturated carbocycles. The molecule has 0 bridgehead atoms. The number of aliphatic hydroxyl groups excluding tert-OH is 1. The minimum atomic E-state index is -1.01. The van der Waals surface area contributed by atoms with Gasteiger partial charge in [-0.15, -0.1) is 0 Å². The first-order valence-corrected chi connectivity index (χ1v) is 14.2. The Hall–Kier alpha value is -3.66. The van der Waals surface area contributed by atoms with Gasteiger partial charge in [-0.1, -0.05) is 54.4 Å². The van der Waals surface area contributed by atoms with E-state index in [-0.39, 0.29) is 12.1 Å². The van der Waals surface area contributed by atoms with Crippen LogP contribution in [0.2, 0.25) is 10.0 Å². The number of ether oxygens (including phenoxy) is 3. The molecule has 1 aliphatic rings. The van der Waals surface area contributed by atoms with Crippen LogP contribution in [0.5, 0.6) is 5.75 Å². The average Bonchev–Trinajstić information content (AvgIpc) is 2.97. The van der Waals surface area contributed by atoms with E-state index in [2.05, 4.69) is 15.0 Å². The lowest BCUT2D eigenvalue weighted by molar-refractivity contribution is -0.160. The smallest absolute Gasteiger partial charge is 0.328 e. The first-order chi connectivity index (χ1) is 20.1. The highest BCUT2D eigenvalue weighted by atomic mass is 35.5. The zero-order valence-electron chi connectivity index (χ0n) is 23.4. The predicted molar refractivity (Wildman–Crippen MR) is 157 cm³/mol. The molecule has 1 aliphatic carbocycles. The number of aliphatic hydroxyl groups is 1. The summed E-state index contributed by atoms with van der Waals surface area (Å²) in [4.78, 5) is 42.9. The molecule has 0 radical (unpaired) electrons. The normalized spacial score (nSPS) is 16.9. The van der Waals surface area contributed by atoms with E-state index in [9.17, 15) is 14.4 Å². The Bertz CT molecular complexity index is 1380. The lowest BCUT2D eigenvalue weighted by atomic mass is 9.58. The molecule has 9 nitrogen and oxygen atoms in total. The van der Waals surface area contributed by atoms with Crippen molar-refractivity contribution in [3.8, 4) is 5.75 Å². The minimum Gasteiger partial charge on any atom is -0.496 e. The highest BCUT2D eigenvalue weighted by molar-refractivity contribution is 6.30. The molecule has 11 heteroatoms. The molecule has 0 aliphatic heterocycles. The number of carbonyl (C=O) groups excluding carboxylic acids is 3. The number of halogens is 2. The third-order valence-electron chi connectivity index (χ3n) is 7.60. The maximum atomic E-state index is 13.3. The Labute approximate surface area is 254 Å². The number of esters is 2. The minimum absolute atomic E-state index is 0.00188. The van der Waals surface area contributed by atoms with E-state index in [4.69, 9.17) is 37.8 Å². The number of carbonyl (C=O) groups is 3. The molecule has 4 rings (SSSR count). The number of hydrogen-bond donors (Lipinski definition) is 2. The Balaban J connectivity index is 1.52. The number of aromatic nitrogens is 1. The van der Waals surface area contributed by atoms with Crippen molar-refractivity contribution in [3.05, 3.63) is 93.2 Å². The van der Waals surface area contributed by atoms with E-state index < -0.39 is 48.1 Å². The number of nitrogens with zero attached hydrogens (tertiary/aromatic N) is 1. The molecule has 3 atom stereocenters. The van der Waals surface area contributed by atoms with E-state index in [1.165, 1.54) is 20.2 Å². The number of nitrogens with one attached hydrogen (secondary N) is 1. The van der Waals surface area contributed by atoms with E-state index in [0.717, 1.165) is 17.5 Å². The van der Waals surface area contributed by atoms with Gasteiger partial charge in [0.25, 0.3) is 5.91 Å². The molecule has 2 unspecified atom stereocenters. The van der Waals surface area contributed by atoms with Crippen molar-refractivity contribution in [2.24, 2.45) is 5.92 Å². The third-order valence-corrected chi connectivity index (χ3v) is 8.10. The fourth-order valence-corrected chi connectivity index (χ4v) is 5.50. The van der Waals surface area contributed by atoms with Gasteiger partial charge in [0.05, 0.1) is 18.4 Å². The van der Waals surface area contributed by atoms with Crippen molar-refractivity contribution in [3.63, 3.8) is 0 Å². The van der Waals surface area contributed by atoms with Gasteiger partial charge in [-0.25, -0.2) is 4.79 Å². The van der Waals surface area contributed by atoms with Gasteiger partial charge >= 0.3 is 11.9 Å². The molecule has 42 heavy (non-hydrogen) atoms. The first kappa shape index (κ1) is 31.3. The van der Waals surface area contributed by atoms with Crippen LogP contribution in [0.15, 0.2) is 60.8 Å². The van der Waals surface area contributed by atoms with Crippen LogP contribution >= 0.6 is 23.2 Å². The average molecular weight is 616 g/mol. The Kier molecular flexibility index (Phi) is 10.1. The molecular formula is C31H32Cl2N2O7. The summed E-state index contributed by atoms with van der Waals surface area (Å²) in [5.74, 6) is -2.23. The van der Waals surface area contributed by atoms with Crippen LogP contribution in [0.3, 0.4) is 0 Å². The first-order valence-electron chi connectivity index (χ1n) is 13.4. The van der Waals surface area contributed by atoms with E-state index >= 15 is 0 Å². The Morgan fingerprint density at radius 2 is 1.60 bits per heavy atom. The van der Waals surface area contributed by atoms with E-state index in [1.807, 2.05) is 24.3 Å². The second-order valence-electron chi connectivity index (χ2n) is 10.2. The van der Waals surface area contributed by atoms with Crippen molar-refractivity contribution in [2.45, 2.75) is 50.7 Å². The number of rotatable bonds is 11. The van der Waals surface area contributed by atoms with Crippen LogP contribution in [0.25, 0.3) is 0 Å². The van der Waals surface area contributed by atoms with Crippen LogP contribution in [0, 0.1) is 5.92 Å². The third kappa shape index (κ3) is 6.53. The van der Waals surface area contributed by atoms with E-state index in [0.29, 0.717) is 27.8 Å². The van der Waals surface area contributed by atoms with Crippen LogP contribution in [0.4, 0.5) is 0 Å². The summed E-state index contributed by atoms with van der Waals surface area (Å²) in [7, 11) is 1.43. The van der Waals surface area contributed by atoms with Crippen LogP contribution in [0.1, 0.15) is 53.9 Å². The van der Waals surface area contributed by atoms with Gasteiger partial charge in [0.1, 0.15) is 23.6 Å². The fraction of sp³-hybridized carbons (Fsp3) is 0.355. The van der Waals surface area contributed by atoms with Gasteiger partial charge in [0.15, 0.2) is 6.79 Å². The summed E-state index contributed by atoms with van der Waals surface area (Å²) < 4.78 is 16.1. The van der Waals surface area contributed by atoms with Gasteiger partial charge in [0.2, 0.25) is 0 Å². The molecule has 1 aromatic heterocycles. The van der Waals surface area contributed by atoms with Gasteiger partial charge in [0, 0.05) is 21.8 Å². The lowest BCUT2D eigenvalue weighted by Crippen LogP contribution is -2.54. The fourth-order valence-electron chi connectivity index (χ4n) is 5.25. The maximum absolute atomic E-state index is 13.3. The van der Waals surface area contributed by atoms with Crippen molar-refractivity contribution < 1.29 is 33.7 Å². The van der Waals surface area contributed by atoms with Gasteiger partial charge in [-0.05, 0) is 67.6 Å². The number of pyridine rings is 1. The second kappa shape index (κ2) is 13.5. The molecule has 1 amide bonds. The Morgan fingerprint density at radius 1 is 1.00 bits per heavy atom. The molecule has 3 aromatic rings. The summed E-state index contributed by atoms with van der Waals surface area (Å²) >= 11 is 12.3. The largest absolute Gasteiger partial charge is 0.496 e. The zero-order chi connectivity index (χ0) is 30.4. The van der Waals surface area contributed by atoms with Crippen LogP contribution in [-0.2, 0) is 30.9 Å². The van der Waals surface area contributed by atoms with Crippen LogP contribution in [-0.4, -0.2) is 54.0 Å².